The Hall–Kier alpha value is -1.11. The molecule has 0 spiro atoms. The quantitative estimate of drug-likeness (QED) is 0.698. The van der Waals surface area contributed by atoms with E-state index in [2.05, 4.69) is 49.0 Å². The third-order valence-electron chi connectivity index (χ3n) is 5.15. The van der Waals surface area contributed by atoms with E-state index in [1.807, 2.05) is 0 Å². The van der Waals surface area contributed by atoms with Gasteiger partial charge in [0, 0.05) is 0 Å². The lowest BCUT2D eigenvalue weighted by molar-refractivity contribution is 0.157. The average molecular weight is 227 g/mol. The number of hydrogen-bond acceptors (Lipinski definition) is 1. The molecule has 1 aromatic rings. The number of benzene rings is 1. The van der Waals surface area contributed by atoms with Crippen molar-refractivity contribution >= 4 is 6.72 Å². The highest BCUT2D eigenvalue weighted by atomic mass is 14.8. The van der Waals surface area contributed by atoms with Crippen molar-refractivity contribution in [2.75, 3.05) is 0 Å². The first-order valence-electron chi connectivity index (χ1n) is 6.74. The van der Waals surface area contributed by atoms with Gasteiger partial charge in [0.15, 0.2) is 0 Å². The maximum Gasteiger partial charge on any atom is 0.0580 e. The van der Waals surface area contributed by atoms with Gasteiger partial charge in [0.05, 0.1) is 6.04 Å². The van der Waals surface area contributed by atoms with Gasteiger partial charge in [-0.3, -0.25) is 4.99 Å². The molecule has 0 aromatic heterocycles. The summed E-state index contributed by atoms with van der Waals surface area (Å²) >= 11 is 0. The van der Waals surface area contributed by atoms with Crippen LogP contribution in [0, 0.1) is 17.3 Å². The van der Waals surface area contributed by atoms with Gasteiger partial charge in [-0.15, -0.1) is 0 Å². The fraction of sp³-hybridized carbons (Fsp3) is 0.562. The van der Waals surface area contributed by atoms with Crippen LogP contribution in [-0.2, 0) is 6.42 Å². The van der Waals surface area contributed by atoms with Crippen LogP contribution in [0.5, 0.6) is 0 Å². The van der Waals surface area contributed by atoms with Gasteiger partial charge in [-0.05, 0) is 55.2 Å². The summed E-state index contributed by atoms with van der Waals surface area (Å²) in [6.45, 7) is 6.28. The van der Waals surface area contributed by atoms with Gasteiger partial charge in [0.1, 0.15) is 0 Å². The van der Waals surface area contributed by atoms with E-state index < -0.39 is 0 Å². The molecule has 2 fully saturated rings. The largest absolute Gasteiger partial charge is 0.297 e. The Balaban J connectivity index is 1.88. The van der Waals surface area contributed by atoms with Gasteiger partial charge in [0.2, 0.25) is 0 Å². The molecule has 2 aliphatic rings. The van der Waals surface area contributed by atoms with Crippen LogP contribution in [0.4, 0.5) is 0 Å². The van der Waals surface area contributed by atoms with E-state index >= 15 is 0 Å². The summed E-state index contributed by atoms with van der Waals surface area (Å²) in [5.74, 6) is 1.68. The smallest absolute Gasteiger partial charge is 0.0580 e. The summed E-state index contributed by atoms with van der Waals surface area (Å²) in [7, 11) is 0. The Kier molecular flexibility index (Phi) is 2.57. The summed E-state index contributed by atoms with van der Waals surface area (Å²) in [4.78, 5) is 4.47. The molecule has 1 nitrogen and oxygen atoms in total. The number of nitrogens with zero attached hydrogens (tertiary/aromatic N) is 1. The molecule has 0 radical (unpaired) electrons. The van der Waals surface area contributed by atoms with Crippen LogP contribution in [0.1, 0.15) is 31.7 Å². The van der Waals surface area contributed by atoms with Crippen LogP contribution < -0.4 is 0 Å². The molecule has 1 heteroatoms. The normalized spacial score (nSPS) is 39.5. The first kappa shape index (κ1) is 11.0. The van der Waals surface area contributed by atoms with E-state index in [1.54, 1.807) is 0 Å². The van der Waals surface area contributed by atoms with Gasteiger partial charge in [-0.25, -0.2) is 0 Å². The van der Waals surface area contributed by atoms with E-state index in [9.17, 15) is 0 Å². The van der Waals surface area contributed by atoms with Crippen molar-refractivity contribution in [3.63, 3.8) is 0 Å². The first-order valence-corrected chi connectivity index (χ1v) is 6.74. The van der Waals surface area contributed by atoms with Crippen molar-refractivity contribution in [1.29, 1.82) is 0 Å². The first-order chi connectivity index (χ1) is 8.24. The average Bonchev–Trinajstić information content (AvgIpc) is 2.89. The zero-order valence-corrected chi connectivity index (χ0v) is 10.6. The molecule has 1 aromatic carbocycles. The Bertz CT molecular complexity index is 411. The molecule has 2 aliphatic carbocycles. The van der Waals surface area contributed by atoms with Gasteiger partial charge in [-0.2, -0.15) is 0 Å². The molecule has 2 saturated carbocycles. The third-order valence-corrected chi connectivity index (χ3v) is 5.15. The second kappa shape index (κ2) is 3.97. The van der Waals surface area contributed by atoms with Gasteiger partial charge in [-0.1, -0.05) is 37.3 Å². The Morgan fingerprint density at radius 3 is 2.76 bits per heavy atom. The Morgan fingerprint density at radius 2 is 2.06 bits per heavy atom. The van der Waals surface area contributed by atoms with Crippen LogP contribution in [-0.4, -0.2) is 12.8 Å². The predicted molar refractivity (Wildman–Crippen MR) is 72.4 cm³/mol. The number of rotatable bonds is 3. The lowest BCUT2D eigenvalue weighted by atomic mass is 9.68. The summed E-state index contributed by atoms with van der Waals surface area (Å²) in [6.07, 6.45) is 5.32. The fourth-order valence-electron chi connectivity index (χ4n) is 4.32. The summed E-state index contributed by atoms with van der Waals surface area (Å²) < 4.78 is 0. The Labute approximate surface area is 104 Å². The van der Waals surface area contributed by atoms with E-state index in [1.165, 1.54) is 31.2 Å². The van der Waals surface area contributed by atoms with E-state index in [-0.39, 0.29) is 0 Å². The minimum atomic E-state index is 0.353. The zero-order valence-electron chi connectivity index (χ0n) is 10.6. The van der Waals surface area contributed by atoms with E-state index in [4.69, 9.17) is 0 Å². The minimum Gasteiger partial charge on any atom is -0.297 e. The summed E-state index contributed by atoms with van der Waals surface area (Å²) in [6, 6.07) is 11.4. The number of fused-ring (bicyclic) bond motifs is 2. The topological polar surface area (TPSA) is 12.4 Å². The van der Waals surface area contributed by atoms with Crippen molar-refractivity contribution in [2.45, 2.75) is 38.6 Å². The second-order valence-electron chi connectivity index (χ2n) is 6.07. The fourth-order valence-corrected chi connectivity index (χ4v) is 4.32. The SMILES string of the molecule is C=N[C@H]1[C@H]2CC[C@H](C2)[C@@]1(C)Cc1ccccc1. The van der Waals surface area contributed by atoms with Crippen molar-refractivity contribution < 1.29 is 0 Å². The lowest BCUT2D eigenvalue weighted by Crippen LogP contribution is -2.38. The molecule has 17 heavy (non-hydrogen) atoms. The molecule has 4 atom stereocenters. The maximum absolute atomic E-state index is 4.47. The van der Waals surface area contributed by atoms with Crippen LogP contribution in [0.3, 0.4) is 0 Å². The molecule has 2 bridgehead atoms. The van der Waals surface area contributed by atoms with Crippen molar-refractivity contribution in [3.05, 3.63) is 35.9 Å². The number of hydrogen-bond donors (Lipinski definition) is 0. The molecule has 0 unspecified atom stereocenters. The van der Waals surface area contributed by atoms with Gasteiger partial charge in [0.25, 0.3) is 0 Å². The van der Waals surface area contributed by atoms with Crippen LogP contribution in [0.2, 0.25) is 0 Å². The highest BCUT2D eigenvalue weighted by molar-refractivity contribution is 5.28. The standard InChI is InChI=1S/C16H21N/c1-16(11-12-6-4-3-5-7-12)14-9-8-13(10-14)15(16)17-2/h3-7,13-15H,2,8-11H2,1H3/t13-,14+,15-,16+/m0/s1. The third kappa shape index (κ3) is 1.64. The lowest BCUT2D eigenvalue weighted by Gasteiger charge is -2.39. The van der Waals surface area contributed by atoms with Crippen molar-refractivity contribution in [1.82, 2.24) is 0 Å². The summed E-state index contributed by atoms with van der Waals surface area (Å²) in [5.41, 5.74) is 1.81. The molecule has 3 rings (SSSR count). The van der Waals surface area contributed by atoms with Crippen molar-refractivity contribution in [3.8, 4) is 0 Å². The molecular weight excluding hydrogens is 206 g/mol. The monoisotopic (exact) mass is 227 g/mol. The highest BCUT2D eigenvalue weighted by Gasteiger charge is 2.54. The maximum atomic E-state index is 4.47. The molecule has 0 N–H and O–H groups in total. The molecule has 0 aliphatic heterocycles. The second-order valence-corrected chi connectivity index (χ2v) is 6.07. The molecule has 0 saturated heterocycles. The number of aliphatic imine (C=N–C) groups is 1. The van der Waals surface area contributed by atoms with Gasteiger partial charge < -0.3 is 0 Å². The molecule has 0 amide bonds. The molecule has 90 valence electrons. The molecular formula is C16H21N. The minimum absolute atomic E-state index is 0.353. The van der Waals surface area contributed by atoms with Crippen molar-refractivity contribution in [2.24, 2.45) is 22.2 Å². The van der Waals surface area contributed by atoms with Crippen LogP contribution in [0.15, 0.2) is 35.3 Å². The molecule has 0 heterocycles. The van der Waals surface area contributed by atoms with Crippen LogP contribution >= 0.6 is 0 Å². The predicted octanol–water partition coefficient (Wildman–Crippen LogP) is 3.73. The Morgan fingerprint density at radius 1 is 1.29 bits per heavy atom. The zero-order chi connectivity index (χ0) is 11.9. The van der Waals surface area contributed by atoms with Gasteiger partial charge >= 0.3 is 0 Å². The van der Waals surface area contributed by atoms with E-state index in [0.29, 0.717) is 11.5 Å². The van der Waals surface area contributed by atoms with E-state index in [0.717, 1.165) is 11.8 Å². The summed E-state index contributed by atoms with van der Waals surface area (Å²) in [5, 5.41) is 0. The highest BCUT2D eigenvalue weighted by Crippen LogP contribution is 2.58. The van der Waals surface area contributed by atoms with Crippen LogP contribution in [0.25, 0.3) is 0 Å².